The number of benzene rings is 1. The van der Waals surface area contributed by atoms with E-state index in [-0.39, 0.29) is 30.9 Å². The summed E-state index contributed by atoms with van der Waals surface area (Å²) in [4.78, 5) is 73.0. The molecule has 392 valence electrons. The Hall–Kier alpha value is -4.01. The highest BCUT2D eigenvalue weighted by Crippen LogP contribution is 2.29. The molecule has 4 amide bonds. The van der Waals surface area contributed by atoms with Crippen LogP contribution < -0.4 is 21.3 Å². The van der Waals surface area contributed by atoms with E-state index in [2.05, 4.69) is 21.3 Å². The number of amides is 4. The molecule has 1 aromatic carbocycles. The van der Waals surface area contributed by atoms with Crippen molar-refractivity contribution < 1.29 is 48.5 Å². The Balaban J connectivity index is 1.30. The zero-order chi connectivity index (χ0) is 49.6. The van der Waals surface area contributed by atoms with Crippen LogP contribution in [0.1, 0.15) is 222 Å². The van der Waals surface area contributed by atoms with Crippen LogP contribution in [0.5, 0.6) is 0 Å². The predicted molar refractivity (Wildman–Crippen MR) is 276 cm³/mol. The summed E-state index contributed by atoms with van der Waals surface area (Å²) in [5, 5.41) is 29.0. The molecule has 2 saturated carbocycles. The van der Waals surface area contributed by atoms with Crippen LogP contribution >= 0.6 is 11.8 Å². The smallest absolute Gasteiger partial charge is 0.407 e. The molecule has 0 aromatic heterocycles. The molecule has 6 N–H and O–H groups in total. The van der Waals surface area contributed by atoms with Crippen molar-refractivity contribution in [3.05, 3.63) is 29.8 Å². The number of ether oxygens (including phenoxy) is 2. The van der Waals surface area contributed by atoms with Crippen LogP contribution in [0, 0.1) is 11.8 Å². The normalized spacial score (nSPS) is 15.1. The monoisotopic (exact) mass is 987 g/mol. The van der Waals surface area contributed by atoms with E-state index in [4.69, 9.17) is 14.6 Å². The van der Waals surface area contributed by atoms with Crippen molar-refractivity contribution in [2.75, 3.05) is 36.5 Å². The molecule has 15 heteroatoms. The van der Waals surface area contributed by atoms with E-state index in [0.29, 0.717) is 30.3 Å². The first-order valence-electron chi connectivity index (χ1n) is 27.2. The number of hydrogen-bond acceptors (Lipinski definition) is 9. The number of thioether (sulfide) groups is 1. The molecule has 2 aliphatic rings. The third-order valence-corrected chi connectivity index (χ3v) is 14.8. The largest absolute Gasteiger partial charge is 0.481 e. The van der Waals surface area contributed by atoms with Gasteiger partial charge in [0.25, 0.3) is 5.91 Å². The predicted octanol–water partition coefficient (Wildman–Crippen LogP) is 12.6. The summed E-state index contributed by atoms with van der Waals surface area (Å²) in [7, 11) is 0. The molecule has 1 aromatic rings. The van der Waals surface area contributed by atoms with E-state index < -0.39 is 48.6 Å². The second-order valence-corrected chi connectivity index (χ2v) is 20.8. The number of nitrogens with one attached hydrogen (secondary N) is 4. The lowest BCUT2D eigenvalue weighted by Gasteiger charge is -2.21. The first kappa shape index (κ1) is 59.3. The van der Waals surface area contributed by atoms with E-state index in [9.17, 15) is 33.9 Å². The molecule has 0 bridgehead atoms. The first-order chi connectivity index (χ1) is 33.6. The van der Waals surface area contributed by atoms with Crippen molar-refractivity contribution in [3.8, 4) is 0 Å². The molecule has 1 unspecified atom stereocenters. The van der Waals surface area contributed by atoms with Crippen LogP contribution in [0.4, 0.5) is 15.3 Å². The zero-order valence-electron chi connectivity index (χ0n) is 42.1. The highest BCUT2D eigenvalue weighted by atomic mass is 32.2. The van der Waals surface area contributed by atoms with Gasteiger partial charge in [-0.3, -0.25) is 14.4 Å². The fourth-order valence-electron chi connectivity index (χ4n) is 9.53. The third-order valence-electron chi connectivity index (χ3n) is 13.7. The molecule has 0 aliphatic heterocycles. The van der Waals surface area contributed by atoms with Crippen LogP contribution in [0.25, 0.3) is 0 Å². The van der Waals surface area contributed by atoms with Gasteiger partial charge in [0.2, 0.25) is 5.91 Å². The highest BCUT2D eigenvalue weighted by molar-refractivity contribution is 7.99. The van der Waals surface area contributed by atoms with E-state index in [1.807, 2.05) is 0 Å². The molecule has 2 aliphatic carbocycles. The molecule has 14 nitrogen and oxygen atoms in total. The van der Waals surface area contributed by atoms with Gasteiger partial charge in [0.15, 0.2) is 0 Å². The first-order valence-corrected chi connectivity index (χ1v) is 28.3. The number of carboxylic acid groups (broad SMARTS) is 2. The molecule has 0 heterocycles. The number of carbonyl (C=O) groups excluding carboxylic acids is 4. The number of unbranched alkanes of at least 4 members (excludes halogenated alkanes) is 16. The number of hydrogen-bond donors (Lipinski definition) is 6. The second kappa shape index (κ2) is 38.7. The van der Waals surface area contributed by atoms with Gasteiger partial charge < -0.3 is 41.0 Å². The van der Waals surface area contributed by atoms with Crippen molar-refractivity contribution in [1.29, 1.82) is 0 Å². The SMILES string of the molecule is O=C(O)CC[C@H](NC(=O)c1ccc(NC(=O)CCSCC(COC(=O)NCCCCCCCCCCCC2CCCCC2)OC(=O)NCCCCCCCCCCCC2CCCCC2)cc1)C(=O)O. The molecule has 0 radical (unpaired) electrons. The van der Waals surface area contributed by atoms with Gasteiger partial charge in [-0.25, -0.2) is 14.4 Å². The van der Waals surface area contributed by atoms with Gasteiger partial charge in [0, 0.05) is 48.7 Å². The summed E-state index contributed by atoms with van der Waals surface area (Å²) in [6.07, 6.45) is 36.7. The highest BCUT2D eigenvalue weighted by Gasteiger charge is 2.22. The van der Waals surface area contributed by atoms with Crippen LogP contribution in [-0.2, 0) is 23.9 Å². The number of alkyl carbamates (subject to hydrolysis) is 2. The van der Waals surface area contributed by atoms with Crippen LogP contribution in [0.3, 0.4) is 0 Å². The third kappa shape index (κ3) is 31.1. The molecular weight excluding hydrogens is 897 g/mol. The number of carboxylic acids is 2. The van der Waals surface area contributed by atoms with E-state index >= 15 is 0 Å². The Morgan fingerprint density at radius 3 is 1.57 bits per heavy atom. The minimum atomic E-state index is -1.35. The lowest BCUT2D eigenvalue weighted by Crippen LogP contribution is -2.41. The van der Waals surface area contributed by atoms with E-state index in [1.165, 1.54) is 190 Å². The van der Waals surface area contributed by atoms with Gasteiger partial charge in [-0.2, -0.15) is 11.8 Å². The van der Waals surface area contributed by atoms with Gasteiger partial charge in [-0.15, -0.1) is 0 Å². The summed E-state index contributed by atoms with van der Waals surface area (Å²) >= 11 is 1.39. The number of anilines is 1. The van der Waals surface area contributed by atoms with Gasteiger partial charge in [0.05, 0.1) is 0 Å². The Labute approximate surface area is 418 Å². The van der Waals surface area contributed by atoms with Crippen molar-refractivity contribution in [2.24, 2.45) is 11.8 Å². The lowest BCUT2D eigenvalue weighted by molar-refractivity contribution is -0.140. The fraction of sp³-hybridized carbons (Fsp3) is 0.778. The molecule has 0 saturated heterocycles. The van der Waals surface area contributed by atoms with Gasteiger partial charge in [0.1, 0.15) is 18.8 Å². The molecular formula is C54H90N4O10S. The van der Waals surface area contributed by atoms with Crippen LogP contribution in [-0.4, -0.2) is 89.5 Å². The Morgan fingerprint density at radius 1 is 0.594 bits per heavy atom. The Bertz CT molecular complexity index is 1570. The molecule has 2 atom stereocenters. The number of rotatable bonds is 39. The maximum Gasteiger partial charge on any atom is 0.407 e. The molecule has 0 spiro atoms. The van der Waals surface area contributed by atoms with Gasteiger partial charge >= 0.3 is 24.1 Å². The summed E-state index contributed by atoms with van der Waals surface area (Å²) < 4.78 is 11.2. The maximum absolute atomic E-state index is 12.8. The van der Waals surface area contributed by atoms with Crippen molar-refractivity contribution in [3.63, 3.8) is 0 Å². The van der Waals surface area contributed by atoms with Gasteiger partial charge in [-0.05, 0) is 55.4 Å². The minimum absolute atomic E-state index is 0.119. The molecule has 2 fully saturated rings. The standard InChI is InChI=1S/C54H90N4O10S/c59-49(57-46-33-31-45(32-34-46)51(62)58-48(52(63)64)35-36-50(60)61)37-40-69-42-47(68-54(66)56-39-24-14-10-6-2-4-8-12-18-26-44-29-21-16-22-30-44)41-67-53(65)55-38-23-13-9-5-1-3-7-11-17-25-43-27-19-15-20-28-43/h31-34,43-44,47-48H,1-30,35-42H2,(H,55,65)(H,56,66)(H,57,59)(H,58,62)(H,60,61)(H,63,64)/t47?,48-/m0/s1. The van der Waals surface area contributed by atoms with Crippen LogP contribution in [0.2, 0.25) is 0 Å². The summed E-state index contributed by atoms with van der Waals surface area (Å²) in [6.45, 7) is 0.904. The van der Waals surface area contributed by atoms with E-state index in [1.54, 1.807) is 0 Å². The zero-order valence-corrected chi connectivity index (χ0v) is 42.9. The lowest BCUT2D eigenvalue weighted by atomic mass is 9.85. The van der Waals surface area contributed by atoms with E-state index in [0.717, 1.165) is 50.4 Å². The Morgan fingerprint density at radius 2 is 1.07 bits per heavy atom. The fourth-order valence-corrected chi connectivity index (χ4v) is 10.5. The maximum atomic E-state index is 12.8. The number of carbonyl (C=O) groups is 6. The summed E-state index contributed by atoms with van der Waals surface area (Å²) in [5.41, 5.74) is 0.581. The van der Waals surface area contributed by atoms with Crippen molar-refractivity contribution in [2.45, 2.75) is 224 Å². The van der Waals surface area contributed by atoms with Crippen molar-refractivity contribution in [1.82, 2.24) is 16.0 Å². The topological polar surface area (TPSA) is 209 Å². The Kier molecular flexibility index (Phi) is 33.3. The average Bonchev–Trinajstić information content (AvgIpc) is 3.34. The van der Waals surface area contributed by atoms with Gasteiger partial charge in [-0.1, -0.05) is 180 Å². The molecule has 3 rings (SSSR count). The van der Waals surface area contributed by atoms with Crippen LogP contribution in [0.15, 0.2) is 24.3 Å². The minimum Gasteiger partial charge on any atom is -0.481 e. The quantitative estimate of drug-likeness (QED) is 0.0342. The number of aliphatic carboxylic acids is 2. The second-order valence-electron chi connectivity index (χ2n) is 19.7. The summed E-state index contributed by atoms with van der Waals surface area (Å²) in [6, 6.07) is 4.54. The van der Waals surface area contributed by atoms with Crippen molar-refractivity contribution >= 4 is 53.4 Å². The average molecular weight is 987 g/mol. The molecule has 69 heavy (non-hydrogen) atoms. The summed E-state index contributed by atoms with van der Waals surface area (Å²) in [5.74, 6) is -0.790.